The molecule has 1 spiro atoms. The van der Waals surface area contributed by atoms with Crippen molar-refractivity contribution in [2.45, 2.75) is 64.0 Å². The topological polar surface area (TPSA) is 27.1 Å². The van der Waals surface area contributed by atoms with Gasteiger partial charge >= 0.3 is 0 Å². The van der Waals surface area contributed by atoms with E-state index in [1.807, 2.05) is 0 Å². The number of halogens is 1. The van der Waals surface area contributed by atoms with Crippen molar-refractivity contribution in [3.63, 3.8) is 0 Å². The van der Waals surface area contributed by atoms with E-state index in [4.69, 9.17) is 9.84 Å². The Bertz CT molecular complexity index is 449. The predicted molar refractivity (Wildman–Crippen MR) is 79.8 cm³/mol. The van der Waals surface area contributed by atoms with Crippen LogP contribution in [0.4, 0.5) is 0 Å². The zero-order valence-electron chi connectivity index (χ0n) is 11.2. The maximum Gasteiger partial charge on any atom is 0.0730 e. The third-order valence-electron chi connectivity index (χ3n) is 4.56. The van der Waals surface area contributed by atoms with Gasteiger partial charge in [0.25, 0.3) is 0 Å². The van der Waals surface area contributed by atoms with Crippen molar-refractivity contribution < 1.29 is 4.74 Å². The lowest BCUT2D eigenvalue weighted by Crippen LogP contribution is -2.38. The normalized spacial score (nSPS) is 26.9. The van der Waals surface area contributed by atoms with Crippen molar-refractivity contribution in [1.82, 2.24) is 9.78 Å². The molecule has 18 heavy (non-hydrogen) atoms. The molecule has 2 heterocycles. The second kappa shape index (κ2) is 4.78. The van der Waals surface area contributed by atoms with E-state index in [-0.39, 0.29) is 5.60 Å². The molecule has 2 aliphatic rings. The Kier molecular flexibility index (Phi) is 3.43. The number of hydrogen-bond acceptors (Lipinski definition) is 2. The third kappa shape index (κ3) is 2.11. The molecule has 0 bridgehead atoms. The lowest BCUT2D eigenvalue weighted by Gasteiger charge is -2.38. The van der Waals surface area contributed by atoms with Crippen LogP contribution < -0.4 is 0 Å². The molecule has 2 fully saturated rings. The largest absolute Gasteiger partial charge is 0.375 e. The summed E-state index contributed by atoms with van der Waals surface area (Å²) in [5.41, 5.74) is 2.67. The van der Waals surface area contributed by atoms with Crippen LogP contribution in [-0.4, -0.2) is 22.0 Å². The zero-order valence-corrected chi connectivity index (χ0v) is 13.4. The maximum absolute atomic E-state index is 6.11. The van der Waals surface area contributed by atoms with Crippen LogP contribution in [0.3, 0.4) is 0 Å². The fourth-order valence-electron chi connectivity index (χ4n) is 3.58. The van der Waals surface area contributed by atoms with Crippen LogP contribution in [0.2, 0.25) is 0 Å². The number of rotatable bonds is 1. The minimum Gasteiger partial charge on any atom is -0.375 e. The van der Waals surface area contributed by atoms with Crippen LogP contribution >= 0.6 is 22.6 Å². The van der Waals surface area contributed by atoms with E-state index >= 15 is 0 Å². The smallest absolute Gasteiger partial charge is 0.0730 e. The molecule has 3 nitrogen and oxygen atoms in total. The van der Waals surface area contributed by atoms with E-state index in [1.54, 1.807) is 0 Å². The molecule has 1 unspecified atom stereocenters. The van der Waals surface area contributed by atoms with E-state index < -0.39 is 0 Å². The first-order valence-corrected chi connectivity index (χ1v) is 8.04. The fourth-order valence-corrected chi connectivity index (χ4v) is 3.93. The molecule has 3 rings (SSSR count). The van der Waals surface area contributed by atoms with Gasteiger partial charge in [0, 0.05) is 12.3 Å². The van der Waals surface area contributed by atoms with Gasteiger partial charge in [0.2, 0.25) is 0 Å². The highest BCUT2D eigenvalue weighted by Gasteiger charge is 2.41. The summed E-state index contributed by atoms with van der Waals surface area (Å²) in [6, 6.07) is 0.541. The molecular weight excluding hydrogens is 339 g/mol. The molecule has 0 amide bonds. The summed E-state index contributed by atoms with van der Waals surface area (Å²) in [5, 5.41) is 4.74. The third-order valence-corrected chi connectivity index (χ3v) is 6.13. The van der Waals surface area contributed by atoms with Gasteiger partial charge in [0.15, 0.2) is 0 Å². The molecule has 1 aromatic rings. The number of nitrogens with zero attached hydrogens (tertiary/aromatic N) is 2. The molecule has 0 radical (unpaired) electrons. The van der Waals surface area contributed by atoms with Gasteiger partial charge in [0.05, 0.1) is 20.9 Å². The van der Waals surface area contributed by atoms with Gasteiger partial charge in [-0.2, -0.15) is 5.10 Å². The van der Waals surface area contributed by atoms with Gasteiger partial charge in [-0.1, -0.05) is 12.8 Å². The zero-order chi connectivity index (χ0) is 12.8. The Balaban J connectivity index is 1.85. The summed E-state index contributed by atoms with van der Waals surface area (Å²) in [7, 11) is 0. The Hall–Kier alpha value is -0.100. The van der Waals surface area contributed by atoms with Crippen molar-refractivity contribution >= 4 is 22.6 Å². The van der Waals surface area contributed by atoms with Crippen LogP contribution in [0, 0.1) is 17.4 Å². The van der Waals surface area contributed by atoms with Crippen LogP contribution in [0.15, 0.2) is 0 Å². The van der Waals surface area contributed by atoms with Gasteiger partial charge in [-0.15, -0.1) is 0 Å². The van der Waals surface area contributed by atoms with Crippen molar-refractivity contribution in [1.29, 1.82) is 0 Å². The highest BCUT2D eigenvalue weighted by molar-refractivity contribution is 14.1. The van der Waals surface area contributed by atoms with Crippen LogP contribution in [0.5, 0.6) is 0 Å². The molecule has 0 N–H and O–H groups in total. The minimum absolute atomic E-state index is 0.181. The highest BCUT2D eigenvalue weighted by Crippen LogP contribution is 2.43. The summed E-state index contributed by atoms with van der Waals surface area (Å²) in [6.07, 6.45) is 7.44. The minimum atomic E-state index is 0.181. The second-order valence-corrected chi connectivity index (χ2v) is 6.89. The molecule has 1 saturated carbocycles. The van der Waals surface area contributed by atoms with Gasteiger partial charge in [0.1, 0.15) is 0 Å². The Morgan fingerprint density at radius 3 is 2.67 bits per heavy atom. The van der Waals surface area contributed by atoms with E-state index in [0.717, 1.165) is 19.4 Å². The van der Waals surface area contributed by atoms with E-state index in [9.17, 15) is 0 Å². The highest BCUT2D eigenvalue weighted by atomic mass is 127. The number of aromatic nitrogens is 2. The molecule has 1 aromatic heterocycles. The SMILES string of the molecule is Cc1nn(C2CCOC3(CCCC3)C2)c(C)c1I. The first kappa shape index (κ1) is 12.9. The standard InChI is InChI=1S/C14H21IN2O/c1-10-13(15)11(2)17(16-10)12-5-8-18-14(9-12)6-3-4-7-14/h12H,3-9H2,1-2H3. The average Bonchev–Trinajstić information content (AvgIpc) is 2.90. The number of aryl methyl sites for hydroxylation is 1. The Morgan fingerprint density at radius 1 is 1.33 bits per heavy atom. The van der Waals surface area contributed by atoms with Gasteiger partial charge in [-0.05, 0) is 62.1 Å². The van der Waals surface area contributed by atoms with E-state index in [0.29, 0.717) is 6.04 Å². The van der Waals surface area contributed by atoms with Crippen molar-refractivity contribution in [2.75, 3.05) is 6.61 Å². The monoisotopic (exact) mass is 360 g/mol. The maximum atomic E-state index is 6.11. The van der Waals surface area contributed by atoms with Crippen LogP contribution in [-0.2, 0) is 4.74 Å². The van der Waals surface area contributed by atoms with Crippen molar-refractivity contribution in [3.8, 4) is 0 Å². The van der Waals surface area contributed by atoms with Gasteiger partial charge in [-0.3, -0.25) is 4.68 Å². The second-order valence-electron chi connectivity index (χ2n) is 5.81. The summed E-state index contributed by atoms with van der Waals surface area (Å²) in [5.74, 6) is 0. The summed E-state index contributed by atoms with van der Waals surface area (Å²) >= 11 is 2.41. The number of ether oxygens (including phenoxy) is 1. The molecular formula is C14H21IN2O. The first-order chi connectivity index (χ1) is 8.61. The fraction of sp³-hybridized carbons (Fsp3) is 0.786. The summed E-state index contributed by atoms with van der Waals surface area (Å²) in [6.45, 7) is 5.20. The van der Waals surface area contributed by atoms with E-state index in [1.165, 1.54) is 40.6 Å². The lowest BCUT2D eigenvalue weighted by atomic mass is 9.89. The average molecular weight is 360 g/mol. The van der Waals surface area contributed by atoms with Crippen LogP contribution in [0.1, 0.15) is 56.0 Å². The van der Waals surface area contributed by atoms with Crippen molar-refractivity contribution in [2.24, 2.45) is 0 Å². The predicted octanol–water partition coefficient (Wildman–Crippen LogP) is 3.77. The van der Waals surface area contributed by atoms with Crippen LogP contribution in [0.25, 0.3) is 0 Å². The molecule has 100 valence electrons. The molecule has 1 atom stereocenters. The quantitative estimate of drug-likeness (QED) is 0.713. The van der Waals surface area contributed by atoms with Gasteiger partial charge in [-0.25, -0.2) is 0 Å². The van der Waals surface area contributed by atoms with Crippen molar-refractivity contribution in [3.05, 3.63) is 15.0 Å². The molecule has 1 aliphatic heterocycles. The molecule has 1 saturated heterocycles. The Morgan fingerprint density at radius 2 is 2.06 bits per heavy atom. The molecule has 4 heteroatoms. The summed E-state index contributed by atoms with van der Waals surface area (Å²) in [4.78, 5) is 0. The molecule has 0 aromatic carbocycles. The van der Waals surface area contributed by atoms with Gasteiger partial charge < -0.3 is 4.74 Å². The molecule has 1 aliphatic carbocycles. The first-order valence-electron chi connectivity index (χ1n) is 6.96. The Labute approximate surface area is 122 Å². The summed E-state index contributed by atoms with van der Waals surface area (Å²) < 4.78 is 9.69. The lowest BCUT2D eigenvalue weighted by molar-refractivity contribution is -0.0912. The van der Waals surface area contributed by atoms with E-state index in [2.05, 4.69) is 41.1 Å². The number of hydrogen-bond donors (Lipinski definition) is 0.